The Kier molecular flexibility index (Phi) is 6.66. The Morgan fingerprint density at radius 1 is 1.00 bits per heavy atom. The van der Waals surface area contributed by atoms with E-state index >= 15 is 0 Å². The van der Waals surface area contributed by atoms with Crippen LogP contribution < -0.4 is 4.90 Å². The van der Waals surface area contributed by atoms with Gasteiger partial charge in [-0.15, -0.1) is 0 Å². The number of rotatable bonds is 3. The van der Waals surface area contributed by atoms with Crippen LogP contribution in [0, 0.1) is 11.3 Å². The van der Waals surface area contributed by atoms with E-state index < -0.39 is 5.60 Å². The van der Waals surface area contributed by atoms with Gasteiger partial charge in [0.2, 0.25) is 0 Å². The van der Waals surface area contributed by atoms with Gasteiger partial charge in [-0.1, -0.05) is 23.7 Å². The zero-order valence-corrected chi connectivity index (χ0v) is 20.1. The lowest BCUT2D eigenvalue weighted by atomic mass is 10.1. The van der Waals surface area contributed by atoms with Crippen molar-refractivity contribution >= 4 is 23.5 Å². The number of carbonyl (C=O) groups is 1. The predicted octanol–water partition coefficient (Wildman–Crippen LogP) is 4.79. The summed E-state index contributed by atoms with van der Waals surface area (Å²) in [4.78, 5) is 29.8. The molecule has 1 saturated heterocycles. The second kappa shape index (κ2) is 9.65. The molecule has 1 amide bonds. The van der Waals surface area contributed by atoms with Crippen LogP contribution in [-0.2, 0) is 4.74 Å². The van der Waals surface area contributed by atoms with Crippen molar-refractivity contribution in [3.05, 3.63) is 59.4 Å². The topological polar surface area (TPSA) is 95.2 Å². The third kappa shape index (κ3) is 5.26. The standard InChI is InChI=1S/C25H25ClN6O2/c1-25(2,3)34-24(33)32-14-12-31(13-15-32)23-20(16-27)21(17-4-6-19(26)7-5-17)29-22(30-23)18-8-10-28-11-9-18/h4-11H,12-15H2,1-3H3. The summed E-state index contributed by atoms with van der Waals surface area (Å²) in [5.74, 6) is 1.04. The van der Waals surface area contributed by atoms with Gasteiger partial charge >= 0.3 is 6.09 Å². The number of nitrogens with zero attached hydrogens (tertiary/aromatic N) is 6. The highest BCUT2D eigenvalue weighted by Crippen LogP contribution is 2.32. The molecular weight excluding hydrogens is 452 g/mol. The van der Waals surface area contributed by atoms with Crippen molar-refractivity contribution in [1.29, 1.82) is 5.26 Å². The zero-order chi connectivity index (χ0) is 24.3. The molecule has 2 aromatic heterocycles. The molecule has 174 valence electrons. The first-order valence-corrected chi connectivity index (χ1v) is 11.3. The minimum atomic E-state index is -0.554. The van der Waals surface area contributed by atoms with E-state index in [9.17, 15) is 10.1 Å². The van der Waals surface area contributed by atoms with Crippen molar-refractivity contribution in [2.75, 3.05) is 31.1 Å². The third-order valence-corrected chi connectivity index (χ3v) is 5.54. The highest BCUT2D eigenvalue weighted by molar-refractivity contribution is 6.30. The number of aromatic nitrogens is 3. The summed E-state index contributed by atoms with van der Waals surface area (Å²) < 4.78 is 5.50. The number of benzene rings is 1. The molecule has 0 saturated carbocycles. The Hall–Kier alpha value is -3.70. The summed E-state index contributed by atoms with van der Waals surface area (Å²) in [6.07, 6.45) is 3.02. The fraction of sp³-hybridized carbons (Fsp3) is 0.320. The summed E-state index contributed by atoms with van der Waals surface area (Å²) in [6.45, 7) is 7.50. The molecule has 0 unspecified atom stereocenters. The Morgan fingerprint density at radius 2 is 1.65 bits per heavy atom. The van der Waals surface area contributed by atoms with Crippen LogP contribution in [-0.4, -0.2) is 57.7 Å². The molecule has 1 fully saturated rings. The molecular formula is C25H25ClN6O2. The molecule has 3 aromatic rings. The predicted molar refractivity (Wildman–Crippen MR) is 130 cm³/mol. The van der Waals surface area contributed by atoms with Crippen molar-refractivity contribution < 1.29 is 9.53 Å². The van der Waals surface area contributed by atoms with Crippen LogP contribution in [0.4, 0.5) is 10.6 Å². The molecule has 0 radical (unpaired) electrons. The summed E-state index contributed by atoms with van der Waals surface area (Å²) in [5, 5.41) is 10.7. The van der Waals surface area contributed by atoms with E-state index in [2.05, 4.69) is 11.1 Å². The molecule has 1 aromatic carbocycles. The highest BCUT2D eigenvalue weighted by Gasteiger charge is 2.29. The smallest absolute Gasteiger partial charge is 0.410 e. The lowest BCUT2D eigenvalue weighted by Crippen LogP contribution is -2.50. The Labute approximate surface area is 203 Å². The number of hydrogen-bond donors (Lipinski definition) is 0. The lowest BCUT2D eigenvalue weighted by molar-refractivity contribution is 0.0240. The van der Waals surface area contributed by atoms with Gasteiger partial charge < -0.3 is 14.5 Å². The lowest BCUT2D eigenvalue weighted by Gasteiger charge is -2.36. The second-order valence-electron chi connectivity index (χ2n) is 8.90. The average Bonchev–Trinajstić information content (AvgIpc) is 2.83. The summed E-state index contributed by atoms with van der Waals surface area (Å²) in [7, 11) is 0. The van der Waals surface area contributed by atoms with Crippen LogP contribution in [0.15, 0.2) is 48.8 Å². The van der Waals surface area contributed by atoms with E-state index in [1.165, 1.54) is 0 Å². The van der Waals surface area contributed by atoms with Crippen LogP contribution in [0.1, 0.15) is 26.3 Å². The molecule has 34 heavy (non-hydrogen) atoms. The monoisotopic (exact) mass is 476 g/mol. The fourth-order valence-electron chi connectivity index (χ4n) is 3.65. The van der Waals surface area contributed by atoms with Crippen molar-refractivity contribution in [1.82, 2.24) is 19.9 Å². The highest BCUT2D eigenvalue weighted by atomic mass is 35.5. The number of piperazine rings is 1. The number of hydrogen-bond acceptors (Lipinski definition) is 7. The Bertz CT molecular complexity index is 1210. The van der Waals surface area contributed by atoms with Crippen molar-refractivity contribution in [2.45, 2.75) is 26.4 Å². The first-order valence-electron chi connectivity index (χ1n) is 11.0. The molecule has 9 heteroatoms. The third-order valence-electron chi connectivity index (χ3n) is 5.29. The van der Waals surface area contributed by atoms with Crippen molar-refractivity contribution in [2.24, 2.45) is 0 Å². The van der Waals surface area contributed by atoms with Crippen molar-refractivity contribution in [3.63, 3.8) is 0 Å². The van der Waals surface area contributed by atoms with E-state index in [1.807, 2.05) is 49.9 Å². The van der Waals surface area contributed by atoms with Gasteiger partial charge in [0.25, 0.3) is 0 Å². The molecule has 1 aliphatic rings. The summed E-state index contributed by atoms with van der Waals surface area (Å²) in [5.41, 5.74) is 1.92. The maximum atomic E-state index is 12.5. The van der Waals surface area contributed by atoms with E-state index in [4.69, 9.17) is 26.3 Å². The minimum Gasteiger partial charge on any atom is -0.444 e. The van der Waals surface area contributed by atoms with Crippen LogP contribution >= 0.6 is 11.6 Å². The van der Waals surface area contributed by atoms with Crippen LogP contribution in [0.2, 0.25) is 5.02 Å². The van der Waals surface area contributed by atoms with Crippen LogP contribution in [0.25, 0.3) is 22.6 Å². The summed E-state index contributed by atoms with van der Waals surface area (Å²) in [6, 6.07) is 13.2. The SMILES string of the molecule is CC(C)(C)OC(=O)N1CCN(c2nc(-c3ccncc3)nc(-c3ccc(Cl)cc3)c2C#N)CC1. The molecule has 1 aliphatic heterocycles. The molecule has 0 atom stereocenters. The molecule has 8 nitrogen and oxygen atoms in total. The quantitative estimate of drug-likeness (QED) is 0.536. The molecule has 0 N–H and O–H groups in total. The molecule has 0 aliphatic carbocycles. The molecule has 4 rings (SSSR count). The number of nitriles is 1. The van der Waals surface area contributed by atoms with E-state index in [-0.39, 0.29) is 6.09 Å². The Morgan fingerprint density at radius 3 is 2.24 bits per heavy atom. The molecule has 3 heterocycles. The maximum Gasteiger partial charge on any atom is 0.410 e. The number of pyridine rings is 1. The van der Waals surface area contributed by atoms with Gasteiger partial charge in [-0.2, -0.15) is 5.26 Å². The van der Waals surface area contributed by atoms with Gasteiger partial charge in [-0.25, -0.2) is 14.8 Å². The second-order valence-corrected chi connectivity index (χ2v) is 9.34. The number of ether oxygens (including phenoxy) is 1. The molecule has 0 spiro atoms. The zero-order valence-electron chi connectivity index (χ0n) is 19.3. The van der Waals surface area contributed by atoms with Crippen LogP contribution in [0.3, 0.4) is 0 Å². The van der Waals surface area contributed by atoms with Gasteiger partial charge in [-0.3, -0.25) is 4.98 Å². The van der Waals surface area contributed by atoms with Crippen LogP contribution in [0.5, 0.6) is 0 Å². The van der Waals surface area contributed by atoms with Crippen molar-refractivity contribution in [3.8, 4) is 28.7 Å². The largest absolute Gasteiger partial charge is 0.444 e. The van der Waals surface area contributed by atoms with Gasteiger partial charge in [0.05, 0.1) is 5.69 Å². The number of halogens is 1. The fourth-order valence-corrected chi connectivity index (χ4v) is 3.78. The normalized spacial score (nSPS) is 14.0. The Balaban J connectivity index is 1.71. The summed E-state index contributed by atoms with van der Waals surface area (Å²) >= 11 is 6.08. The van der Waals surface area contributed by atoms with E-state index in [0.717, 1.165) is 11.1 Å². The maximum absolute atomic E-state index is 12.5. The first kappa shape index (κ1) is 23.5. The van der Waals surface area contributed by atoms with E-state index in [1.54, 1.807) is 29.4 Å². The van der Waals surface area contributed by atoms with Gasteiger partial charge in [0, 0.05) is 54.7 Å². The van der Waals surface area contributed by atoms with E-state index in [0.29, 0.717) is 54.1 Å². The number of anilines is 1. The minimum absolute atomic E-state index is 0.338. The number of carbonyl (C=O) groups excluding carboxylic acids is 1. The first-order chi connectivity index (χ1) is 16.2. The number of amides is 1. The van der Waals surface area contributed by atoms with Gasteiger partial charge in [0.1, 0.15) is 17.2 Å². The molecule has 0 bridgehead atoms. The van der Waals surface area contributed by atoms with Gasteiger partial charge in [0.15, 0.2) is 11.6 Å². The van der Waals surface area contributed by atoms with Gasteiger partial charge in [-0.05, 0) is 45.0 Å². The average molecular weight is 477 g/mol.